The van der Waals surface area contributed by atoms with E-state index < -0.39 is 17.5 Å². The Bertz CT molecular complexity index is 430. The van der Waals surface area contributed by atoms with Crippen LogP contribution in [-0.4, -0.2) is 0 Å². The van der Waals surface area contributed by atoms with E-state index in [1.165, 1.54) is 6.07 Å². The summed E-state index contributed by atoms with van der Waals surface area (Å²) in [5.74, 6) is -3.76. The van der Waals surface area contributed by atoms with Crippen LogP contribution in [0.25, 0.3) is 5.57 Å². The van der Waals surface area contributed by atoms with Crippen LogP contribution >= 0.6 is 0 Å². The average Bonchev–Trinajstić information content (AvgIpc) is 2.67. The lowest BCUT2D eigenvalue weighted by Gasteiger charge is -2.03. The minimum Gasteiger partial charge on any atom is -0.204 e. The van der Waals surface area contributed by atoms with Crippen molar-refractivity contribution in [2.75, 3.05) is 0 Å². The van der Waals surface area contributed by atoms with Crippen LogP contribution in [0.4, 0.5) is 13.2 Å². The van der Waals surface area contributed by atoms with Crippen molar-refractivity contribution in [3.05, 3.63) is 53.4 Å². The number of hydrogen-bond donors (Lipinski definition) is 0. The van der Waals surface area contributed by atoms with Gasteiger partial charge in [-0.25, -0.2) is 13.2 Å². The molecule has 0 spiro atoms. The summed E-state index contributed by atoms with van der Waals surface area (Å²) in [4.78, 5) is 0. The zero-order chi connectivity index (χ0) is 10.1. The molecule has 2 rings (SSSR count). The highest BCUT2D eigenvalue weighted by molar-refractivity contribution is 5.74. The van der Waals surface area contributed by atoms with Gasteiger partial charge >= 0.3 is 0 Å². The Morgan fingerprint density at radius 2 is 1.86 bits per heavy atom. The molecule has 1 aromatic carbocycles. The van der Waals surface area contributed by atoms with Crippen molar-refractivity contribution in [3.8, 4) is 0 Å². The Kier molecular flexibility index (Phi) is 2.15. The molecule has 0 aliphatic heterocycles. The highest BCUT2D eigenvalue weighted by Gasteiger charge is 2.15. The van der Waals surface area contributed by atoms with Crippen molar-refractivity contribution in [1.82, 2.24) is 0 Å². The molecule has 0 nitrogen and oxygen atoms in total. The van der Waals surface area contributed by atoms with Crippen LogP contribution in [0.2, 0.25) is 0 Å². The molecule has 1 aromatic rings. The molecule has 3 heteroatoms. The number of benzene rings is 1. The summed E-state index contributed by atoms with van der Waals surface area (Å²) in [6.45, 7) is 0. The molecule has 0 aromatic heterocycles. The van der Waals surface area contributed by atoms with E-state index in [4.69, 9.17) is 0 Å². The zero-order valence-corrected chi connectivity index (χ0v) is 7.15. The predicted octanol–water partition coefficient (Wildman–Crippen LogP) is 3.25. The Balaban J connectivity index is 2.55. The van der Waals surface area contributed by atoms with Gasteiger partial charge in [0, 0.05) is 5.56 Å². The van der Waals surface area contributed by atoms with Crippen molar-refractivity contribution in [1.29, 1.82) is 0 Å². The quantitative estimate of drug-likeness (QED) is 0.603. The van der Waals surface area contributed by atoms with Gasteiger partial charge in [-0.3, -0.25) is 0 Å². The standard InChI is InChI=1S/C11H6F3/c12-9-6-5-8(10(13)11(9)14)7-3-1-2-4-7/h1,3,5-6H,2H2. The zero-order valence-electron chi connectivity index (χ0n) is 7.15. The second-order valence-electron chi connectivity index (χ2n) is 2.92. The van der Waals surface area contributed by atoms with Crippen molar-refractivity contribution < 1.29 is 13.2 Å². The van der Waals surface area contributed by atoms with Crippen molar-refractivity contribution in [3.63, 3.8) is 0 Å². The largest absolute Gasteiger partial charge is 0.204 e. The van der Waals surface area contributed by atoms with Crippen LogP contribution in [0.5, 0.6) is 0 Å². The third-order valence-electron chi connectivity index (χ3n) is 2.02. The van der Waals surface area contributed by atoms with Gasteiger partial charge in [0.1, 0.15) is 0 Å². The Morgan fingerprint density at radius 3 is 2.50 bits per heavy atom. The van der Waals surface area contributed by atoms with Gasteiger partial charge in [0.15, 0.2) is 17.5 Å². The first kappa shape index (κ1) is 9.06. The SMILES string of the molecule is Fc1ccc(C2=[C]CC=C2)c(F)c1F. The highest BCUT2D eigenvalue weighted by atomic mass is 19.2. The van der Waals surface area contributed by atoms with E-state index in [9.17, 15) is 13.2 Å². The monoisotopic (exact) mass is 195 g/mol. The van der Waals surface area contributed by atoms with Crippen LogP contribution < -0.4 is 0 Å². The predicted molar refractivity (Wildman–Crippen MR) is 46.7 cm³/mol. The molecule has 1 radical (unpaired) electrons. The maximum absolute atomic E-state index is 13.2. The lowest BCUT2D eigenvalue weighted by atomic mass is 10.1. The van der Waals surface area contributed by atoms with Gasteiger partial charge in [-0.15, -0.1) is 0 Å². The molecule has 71 valence electrons. The summed E-state index contributed by atoms with van der Waals surface area (Å²) in [6.07, 6.45) is 6.82. The summed E-state index contributed by atoms with van der Waals surface area (Å²) in [7, 11) is 0. The van der Waals surface area contributed by atoms with Crippen molar-refractivity contribution in [2.24, 2.45) is 0 Å². The Morgan fingerprint density at radius 1 is 1.07 bits per heavy atom. The fourth-order valence-corrected chi connectivity index (χ4v) is 1.32. The third-order valence-corrected chi connectivity index (χ3v) is 2.02. The van der Waals surface area contributed by atoms with Crippen LogP contribution in [0.3, 0.4) is 0 Å². The van der Waals surface area contributed by atoms with Gasteiger partial charge in [0.05, 0.1) is 0 Å². The van der Waals surface area contributed by atoms with E-state index in [0.717, 1.165) is 6.07 Å². The molecular weight excluding hydrogens is 189 g/mol. The molecular formula is C11H6F3. The van der Waals surface area contributed by atoms with Gasteiger partial charge in [0.25, 0.3) is 0 Å². The minimum absolute atomic E-state index is 0.0534. The molecule has 0 bridgehead atoms. The molecule has 0 heterocycles. The lowest BCUT2D eigenvalue weighted by Crippen LogP contribution is -1.95. The molecule has 0 saturated heterocycles. The topological polar surface area (TPSA) is 0 Å². The summed E-state index contributed by atoms with van der Waals surface area (Å²) in [6, 6.07) is 2.13. The van der Waals surface area contributed by atoms with E-state index in [1.807, 2.05) is 0 Å². The second-order valence-corrected chi connectivity index (χ2v) is 2.92. The first-order chi connectivity index (χ1) is 6.70. The number of rotatable bonds is 1. The fourth-order valence-electron chi connectivity index (χ4n) is 1.32. The average molecular weight is 195 g/mol. The molecule has 1 aliphatic rings. The van der Waals surface area contributed by atoms with E-state index in [1.54, 1.807) is 12.2 Å². The van der Waals surface area contributed by atoms with Gasteiger partial charge in [-0.2, -0.15) is 0 Å². The Hall–Kier alpha value is -1.51. The summed E-state index contributed by atoms with van der Waals surface area (Å²) in [5, 5.41) is 0. The van der Waals surface area contributed by atoms with Crippen molar-refractivity contribution in [2.45, 2.75) is 6.42 Å². The van der Waals surface area contributed by atoms with Crippen LogP contribution in [0.15, 0.2) is 24.3 Å². The van der Waals surface area contributed by atoms with E-state index in [-0.39, 0.29) is 5.56 Å². The molecule has 0 fully saturated rings. The van der Waals surface area contributed by atoms with Gasteiger partial charge in [0.2, 0.25) is 0 Å². The number of halogens is 3. The van der Waals surface area contributed by atoms with Gasteiger partial charge in [-0.1, -0.05) is 12.2 Å². The summed E-state index contributed by atoms with van der Waals surface area (Å²) in [5.41, 5.74) is 0.527. The maximum atomic E-state index is 13.2. The molecule has 0 unspecified atom stereocenters. The molecule has 1 aliphatic carbocycles. The summed E-state index contributed by atoms with van der Waals surface area (Å²) >= 11 is 0. The van der Waals surface area contributed by atoms with Crippen molar-refractivity contribution >= 4 is 5.57 Å². The fraction of sp³-hybridized carbons (Fsp3) is 0.0909. The molecule has 14 heavy (non-hydrogen) atoms. The van der Waals surface area contributed by atoms with Gasteiger partial charge < -0.3 is 0 Å². The molecule has 0 saturated carbocycles. The lowest BCUT2D eigenvalue weighted by molar-refractivity contribution is 0.446. The van der Waals surface area contributed by atoms with Crippen LogP contribution in [0, 0.1) is 23.5 Å². The van der Waals surface area contributed by atoms with E-state index in [2.05, 4.69) is 6.08 Å². The second kappa shape index (κ2) is 3.33. The third kappa shape index (κ3) is 1.35. The van der Waals surface area contributed by atoms with Gasteiger partial charge in [-0.05, 0) is 30.2 Å². The molecule has 0 atom stereocenters. The first-order valence-electron chi connectivity index (χ1n) is 4.11. The van der Waals surface area contributed by atoms with E-state index >= 15 is 0 Å². The molecule has 0 N–H and O–H groups in total. The Labute approximate surface area is 79.4 Å². The maximum Gasteiger partial charge on any atom is 0.195 e. The minimum atomic E-state index is -1.43. The van der Waals surface area contributed by atoms with E-state index in [0.29, 0.717) is 12.0 Å². The molecule has 0 amide bonds. The van der Waals surface area contributed by atoms with Crippen LogP contribution in [-0.2, 0) is 0 Å². The smallest absolute Gasteiger partial charge is 0.195 e. The van der Waals surface area contributed by atoms with Crippen LogP contribution in [0.1, 0.15) is 12.0 Å². The summed E-state index contributed by atoms with van der Waals surface area (Å²) < 4.78 is 38.6. The highest BCUT2D eigenvalue weighted by Crippen LogP contribution is 2.25. The normalized spacial score (nSPS) is 14.6. The first-order valence-corrected chi connectivity index (χ1v) is 4.11. The number of allylic oxidation sites excluding steroid dienone is 4. The number of hydrogen-bond acceptors (Lipinski definition) is 0.